The van der Waals surface area contributed by atoms with Crippen molar-refractivity contribution in [3.8, 4) is 22.6 Å². The minimum Gasteiger partial charge on any atom is -0.493 e. The fourth-order valence-electron chi connectivity index (χ4n) is 3.16. The number of benzene rings is 2. The molecule has 30 heavy (non-hydrogen) atoms. The van der Waals surface area contributed by atoms with Crippen molar-refractivity contribution in [2.24, 2.45) is 0 Å². The van der Waals surface area contributed by atoms with Gasteiger partial charge in [0.2, 0.25) is 0 Å². The molecule has 0 unspecified atom stereocenters. The smallest absolute Gasteiger partial charge is 0.337 e. The lowest BCUT2D eigenvalue weighted by Crippen LogP contribution is -2.02. The molecule has 0 fully saturated rings. The lowest BCUT2D eigenvalue weighted by Gasteiger charge is -2.11. The van der Waals surface area contributed by atoms with Crippen LogP contribution in [0.3, 0.4) is 0 Å². The SMILES string of the molecule is COC(=O)c1cccc(Nc2ncnc3scc(-c4ccc(OC)c(OC)c4)c23)c1. The maximum absolute atomic E-state index is 11.8. The number of carbonyl (C=O) groups is 1. The first-order chi connectivity index (χ1) is 14.6. The molecule has 0 aliphatic rings. The molecular formula is C22H19N3O4S. The minimum absolute atomic E-state index is 0.395. The minimum atomic E-state index is -0.395. The summed E-state index contributed by atoms with van der Waals surface area (Å²) in [4.78, 5) is 21.5. The molecule has 0 saturated heterocycles. The van der Waals surface area contributed by atoms with Crippen LogP contribution in [0.5, 0.6) is 11.5 Å². The molecule has 152 valence electrons. The van der Waals surface area contributed by atoms with Crippen LogP contribution in [0.2, 0.25) is 0 Å². The fourth-order valence-corrected chi connectivity index (χ4v) is 4.08. The number of aromatic nitrogens is 2. The maximum atomic E-state index is 11.8. The summed E-state index contributed by atoms with van der Waals surface area (Å²) in [5.41, 5.74) is 3.11. The molecule has 0 amide bonds. The Balaban J connectivity index is 1.78. The molecule has 4 aromatic rings. The highest BCUT2D eigenvalue weighted by Crippen LogP contribution is 2.40. The van der Waals surface area contributed by atoms with Gasteiger partial charge in [-0.1, -0.05) is 12.1 Å². The quantitative estimate of drug-likeness (QED) is 0.443. The zero-order chi connectivity index (χ0) is 21.1. The van der Waals surface area contributed by atoms with Gasteiger partial charge in [-0.2, -0.15) is 0 Å². The summed E-state index contributed by atoms with van der Waals surface area (Å²) in [7, 11) is 4.57. The Hall–Kier alpha value is -3.65. The van der Waals surface area contributed by atoms with Crippen LogP contribution < -0.4 is 14.8 Å². The normalized spacial score (nSPS) is 10.6. The number of hydrogen-bond donors (Lipinski definition) is 1. The van der Waals surface area contributed by atoms with Crippen LogP contribution in [0.15, 0.2) is 54.2 Å². The van der Waals surface area contributed by atoms with Gasteiger partial charge < -0.3 is 19.5 Å². The van der Waals surface area contributed by atoms with Gasteiger partial charge in [0.25, 0.3) is 0 Å². The lowest BCUT2D eigenvalue weighted by molar-refractivity contribution is 0.0601. The third-order valence-electron chi connectivity index (χ3n) is 4.61. The Morgan fingerprint density at radius 1 is 1.00 bits per heavy atom. The molecule has 0 aliphatic heterocycles. The summed E-state index contributed by atoms with van der Waals surface area (Å²) in [5.74, 6) is 1.56. The lowest BCUT2D eigenvalue weighted by atomic mass is 10.1. The number of ether oxygens (including phenoxy) is 3. The first kappa shape index (κ1) is 19.7. The van der Waals surface area contributed by atoms with Gasteiger partial charge in [0.15, 0.2) is 11.5 Å². The predicted octanol–water partition coefficient (Wildman–Crippen LogP) is 4.91. The third-order valence-corrected chi connectivity index (χ3v) is 5.50. The van der Waals surface area contributed by atoms with E-state index < -0.39 is 5.97 Å². The molecule has 0 saturated carbocycles. The van der Waals surface area contributed by atoms with Crippen LogP contribution >= 0.6 is 11.3 Å². The third kappa shape index (κ3) is 3.65. The Bertz CT molecular complexity index is 1220. The van der Waals surface area contributed by atoms with Crippen LogP contribution in [-0.2, 0) is 4.74 Å². The van der Waals surface area contributed by atoms with Crippen molar-refractivity contribution >= 4 is 39.0 Å². The number of nitrogens with zero attached hydrogens (tertiary/aromatic N) is 2. The number of hydrogen-bond acceptors (Lipinski definition) is 8. The van der Waals surface area contributed by atoms with Crippen LogP contribution in [0.1, 0.15) is 10.4 Å². The summed E-state index contributed by atoms with van der Waals surface area (Å²) in [5, 5.41) is 6.23. The topological polar surface area (TPSA) is 82.6 Å². The van der Waals surface area contributed by atoms with E-state index in [0.717, 1.165) is 27.0 Å². The number of rotatable bonds is 6. The Labute approximate surface area is 177 Å². The molecule has 2 aromatic carbocycles. The Morgan fingerprint density at radius 3 is 2.60 bits per heavy atom. The molecule has 0 atom stereocenters. The molecule has 2 aromatic heterocycles. The van der Waals surface area contributed by atoms with Gasteiger partial charge in [-0.3, -0.25) is 0 Å². The molecular weight excluding hydrogens is 402 g/mol. The van der Waals surface area contributed by atoms with E-state index in [-0.39, 0.29) is 0 Å². The summed E-state index contributed by atoms with van der Waals surface area (Å²) in [6.45, 7) is 0. The van der Waals surface area contributed by atoms with Gasteiger partial charge in [0, 0.05) is 16.6 Å². The van der Waals surface area contributed by atoms with Crippen molar-refractivity contribution in [1.29, 1.82) is 0 Å². The molecule has 7 nitrogen and oxygen atoms in total. The molecule has 8 heteroatoms. The van der Waals surface area contributed by atoms with Gasteiger partial charge in [0.05, 0.1) is 32.3 Å². The van der Waals surface area contributed by atoms with E-state index in [2.05, 4.69) is 15.3 Å². The maximum Gasteiger partial charge on any atom is 0.337 e. The number of fused-ring (bicyclic) bond motifs is 1. The summed E-state index contributed by atoms with van der Waals surface area (Å²) < 4.78 is 15.6. The van der Waals surface area contributed by atoms with Crippen LogP contribution in [0.25, 0.3) is 21.3 Å². The van der Waals surface area contributed by atoms with Crippen molar-refractivity contribution in [1.82, 2.24) is 9.97 Å². The number of anilines is 2. The highest BCUT2D eigenvalue weighted by Gasteiger charge is 2.16. The van der Waals surface area contributed by atoms with E-state index in [1.54, 1.807) is 32.4 Å². The average Bonchev–Trinajstić information content (AvgIpc) is 3.23. The molecule has 0 aliphatic carbocycles. The molecule has 1 N–H and O–H groups in total. The highest BCUT2D eigenvalue weighted by molar-refractivity contribution is 7.17. The first-order valence-corrected chi connectivity index (χ1v) is 9.92. The zero-order valence-electron chi connectivity index (χ0n) is 16.6. The van der Waals surface area contributed by atoms with E-state index >= 15 is 0 Å². The van der Waals surface area contributed by atoms with E-state index in [4.69, 9.17) is 14.2 Å². The molecule has 0 spiro atoms. The molecule has 4 rings (SSSR count). The van der Waals surface area contributed by atoms with E-state index in [1.165, 1.54) is 24.8 Å². The fraction of sp³-hybridized carbons (Fsp3) is 0.136. The zero-order valence-corrected chi connectivity index (χ0v) is 17.4. The Morgan fingerprint density at radius 2 is 1.83 bits per heavy atom. The van der Waals surface area contributed by atoms with Crippen molar-refractivity contribution in [2.75, 3.05) is 26.6 Å². The second-order valence-electron chi connectivity index (χ2n) is 6.32. The standard InChI is InChI=1S/C22H19N3O4S/c1-27-17-8-7-13(10-18(17)28-2)16-11-30-21-19(16)20(23-12-24-21)25-15-6-4-5-14(9-15)22(26)29-3/h4-12H,1-3H3,(H,23,24,25). The molecule has 2 heterocycles. The number of esters is 1. The van der Waals surface area contributed by atoms with Crippen molar-refractivity contribution < 1.29 is 19.0 Å². The van der Waals surface area contributed by atoms with Crippen molar-refractivity contribution in [3.05, 3.63) is 59.7 Å². The summed E-state index contributed by atoms with van der Waals surface area (Å²) in [6, 6.07) is 12.8. The monoisotopic (exact) mass is 421 g/mol. The van der Waals surface area contributed by atoms with Crippen molar-refractivity contribution in [2.45, 2.75) is 0 Å². The Kier molecular flexibility index (Phi) is 5.49. The second kappa shape index (κ2) is 8.38. The van der Waals surface area contributed by atoms with Crippen LogP contribution in [0, 0.1) is 0 Å². The first-order valence-electron chi connectivity index (χ1n) is 9.04. The van der Waals surface area contributed by atoms with E-state index in [0.29, 0.717) is 22.9 Å². The number of carbonyl (C=O) groups excluding carboxylic acids is 1. The van der Waals surface area contributed by atoms with Gasteiger partial charge in [-0.15, -0.1) is 11.3 Å². The summed E-state index contributed by atoms with van der Waals surface area (Å²) >= 11 is 1.53. The van der Waals surface area contributed by atoms with Crippen LogP contribution in [-0.4, -0.2) is 37.3 Å². The number of nitrogens with one attached hydrogen (secondary N) is 1. The van der Waals surface area contributed by atoms with Gasteiger partial charge in [-0.05, 0) is 35.9 Å². The second-order valence-corrected chi connectivity index (χ2v) is 7.18. The van der Waals surface area contributed by atoms with E-state index in [9.17, 15) is 4.79 Å². The van der Waals surface area contributed by atoms with Gasteiger partial charge >= 0.3 is 5.97 Å². The number of thiophene rings is 1. The van der Waals surface area contributed by atoms with Gasteiger partial charge in [-0.25, -0.2) is 14.8 Å². The number of methoxy groups -OCH3 is 3. The largest absolute Gasteiger partial charge is 0.493 e. The summed E-state index contributed by atoms with van der Waals surface area (Å²) in [6.07, 6.45) is 1.52. The average molecular weight is 421 g/mol. The van der Waals surface area contributed by atoms with E-state index in [1.807, 2.05) is 29.6 Å². The molecule has 0 radical (unpaired) electrons. The predicted molar refractivity (Wildman–Crippen MR) is 117 cm³/mol. The van der Waals surface area contributed by atoms with Crippen LogP contribution in [0.4, 0.5) is 11.5 Å². The van der Waals surface area contributed by atoms with Crippen molar-refractivity contribution in [3.63, 3.8) is 0 Å². The highest BCUT2D eigenvalue weighted by atomic mass is 32.1. The molecule has 0 bridgehead atoms. The van der Waals surface area contributed by atoms with Gasteiger partial charge in [0.1, 0.15) is 17.0 Å².